The largest absolute Gasteiger partial charge is 0.394 e. The van der Waals surface area contributed by atoms with Crippen LogP contribution in [-0.2, 0) is 4.79 Å². The molecule has 0 aliphatic carbocycles. The zero-order chi connectivity index (χ0) is 28.7. The molecule has 2 atom stereocenters. The van der Waals surface area contributed by atoms with Crippen molar-refractivity contribution in [1.29, 1.82) is 0 Å². The lowest BCUT2D eigenvalue weighted by atomic mass is 10.1. The van der Waals surface area contributed by atoms with Gasteiger partial charge in [-0.25, -0.2) is 0 Å². The fraction of sp³-hybridized carbons (Fsp3) is 0.743. The van der Waals surface area contributed by atoms with Crippen LogP contribution >= 0.6 is 0 Å². The van der Waals surface area contributed by atoms with E-state index in [0.717, 1.165) is 57.8 Å². The number of unbranched alkanes of at least 4 members (excludes halogenated alkanes) is 15. The Morgan fingerprint density at radius 1 is 0.590 bits per heavy atom. The fourth-order valence-electron chi connectivity index (χ4n) is 4.44. The number of nitrogens with one attached hydrogen (secondary N) is 1. The molecule has 0 aliphatic rings. The molecule has 2 unspecified atom stereocenters. The van der Waals surface area contributed by atoms with Crippen molar-refractivity contribution in [3.8, 4) is 0 Å². The molecular weight excluding hydrogens is 482 g/mol. The summed E-state index contributed by atoms with van der Waals surface area (Å²) in [5.41, 5.74) is 0. The van der Waals surface area contributed by atoms with Crippen molar-refractivity contribution in [3.05, 3.63) is 48.6 Å². The van der Waals surface area contributed by atoms with Gasteiger partial charge in [0.2, 0.25) is 5.91 Å². The molecule has 0 aromatic rings. The van der Waals surface area contributed by atoms with Crippen LogP contribution < -0.4 is 5.32 Å². The zero-order valence-electron chi connectivity index (χ0n) is 25.6. The van der Waals surface area contributed by atoms with Gasteiger partial charge in [-0.05, 0) is 64.2 Å². The lowest BCUT2D eigenvalue weighted by Gasteiger charge is -2.19. The number of aliphatic hydroxyl groups is 2. The normalized spacial score (nSPS) is 13.8. The Kier molecular flexibility index (Phi) is 29.6. The summed E-state index contributed by atoms with van der Waals surface area (Å²) in [6.45, 7) is 4.18. The summed E-state index contributed by atoms with van der Waals surface area (Å²) in [4.78, 5) is 12.2. The Morgan fingerprint density at radius 2 is 1.05 bits per heavy atom. The van der Waals surface area contributed by atoms with Gasteiger partial charge in [-0.3, -0.25) is 4.79 Å². The molecule has 0 fully saturated rings. The average Bonchev–Trinajstić information content (AvgIpc) is 2.94. The molecule has 226 valence electrons. The summed E-state index contributed by atoms with van der Waals surface area (Å²) in [7, 11) is 0. The van der Waals surface area contributed by atoms with Crippen LogP contribution in [0.1, 0.15) is 149 Å². The molecule has 0 spiro atoms. The highest BCUT2D eigenvalue weighted by Crippen LogP contribution is 2.11. The van der Waals surface area contributed by atoms with Crippen LogP contribution in [-0.4, -0.2) is 34.9 Å². The number of hydrogen-bond donors (Lipinski definition) is 3. The van der Waals surface area contributed by atoms with Crippen LogP contribution in [0.15, 0.2) is 48.6 Å². The SMILES string of the molecule is CCC/C=C/CC/C=C/CC/C=C/C(O)C(CO)NC(=O)CCCCCCC/C=C\CCCCCCCCC. The van der Waals surface area contributed by atoms with Crippen LogP contribution in [0.3, 0.4) is 0 Å². The van der Waals surface area contributed by atoms with E-state index in [9.17, 15) is 15.0 Å². The van der Waals surface area contributed by atoms with Crippen molar-refractivity contribution < 1.29 is 15.0 Å². The van der Waals surface area contributed by atoms with Crippen molar-refractivity contribution in [2.45, 2.75) is 161 Å². The second kappa shape index (κ2) is 30.9. The molecule has 4 heteroatoms. The quantitative estimate of drug-likeness (QED) is 0.0677. The first kappa shape index (κ1) is 37.4. The number of carbonyl (C=O) groups excluding carboxylic acids is 1. The summed E-state index contributed by atoms with van der Waals surface area (Å²) in [6.07, 6.45) is 40.4. The maximum atomic E-state index is 12.2. The highest BCUT2D eigenvalue weighted by molar-refractivity contribution is 5.76. The number of hydrogen-bond acceptors (Lipinski definition) is 3. The molecule has 0 rings (SSSR count). The lowest BCUT2D eigenvalue weighted by molar-refractivity contribution is -0.123. The van der Waals surface area contributed by atoms with Crippen LogP contribution in [0.4, 0.5) is 0 Å². The summed E-state index contributed by atoms with van der Waals surface area (Å²) >= 11 is 0. The third-order valence-corrected chi connectivity index (χ3v) is 6.99. The van der Waals surface area contributed by atoms with E-state index in [1.165, 1.54) is 70.6 Å². The molecule has 0 bridgehead atoms. The van der Waals surface area contributed by atoms with E-state index in [-0.39, 0.29) is 12.5 Å². The first-order chi connectivity index (χ1) is 19.2. The van der Waals surface area contributed by atoms with Gasteiger partial charge in [-0.1, -0.05) is 127 Å². The summed E-state index contributed by atoms with van der Waals surface area (Å²) < 4.78 is 0. The fourth-order valence-corrected chi connectivity index (χ4v) is 4.44. The predicted octanol–water partition coefficient (Wildman–Crippen LogP) is 9.28. The monoisotopic (exact) mass is 545 g/mol. The molecule has 0 radical (unpaired) electrons. The van der Waals surface area contributed by atoms with Gasteiger partial charge < -0.3 is 15.5 Å². The molecular formula is C35H63NO3. The number of allylic oxidation sites excluding steroid dienone is 7. The second-order valence-corrected chi connectivity index (χ2v) is 10.8. The van der Waals surface area contributed by atoms with Crippen molar-refractivity contribution in [3.63, 3.8) is 0 Å². The second-order valence-electron chi connectivity index (χ2n) is 10.8. The Labute approximate surface area is 242 Å². The van der Waals surface area contributed by atoms with Gasteiger partial charge in [0.1, 0.15) is 0 Å². The van der Waals surface area contributed by atoms with Crippen LogP contribution in [0.2, 0.25) is 0 Å². The predicted molar refractivity (Wildman–Crippen MR) is 170 cm³/mol. The maximum absolute atomic E-state index is 12.2. The van der Waals surface area contributed by atoms with Gasteiger partial charge in [-0.15, -0.1) is 0 Å². The minimum absolute atomic E-state index is 0.0919. The third kappa shape index (κ3) is 27.7. The van der Waals surface area contributed by atoms with Crippen molar-refractivity contribution in [1.82, 2.24) is 5.32 Å². The molecule has 0 saturated heterocycles. The van der Waals surface area contributed by atoms with E-state index in [0.29, 0.717) is 6.42 Å². The van der Waals surface area contributed by atoms with Gasteiger partial charge in [0, 0.05) is 6.42 Å². The molecule has 4 nitrogen and oxygen atoms in total. The van der Waals surface area contributed by atoms with Gasteiger partial charge in [-0.2, -0.15) is 0 Å². The van der Waals surface area contributed by atoms with E-state index < -0.39 is 12.1 Å². The van der Waals surface area contributed by atoms with Gasteiger partial charge in [0.25, 0.3) is 0 Å². The van der Waals surface area contributed by atoms with E-state index in [4.69, 9.17) is 0 Å². The smallest absolute Gasteiger partial charge is 0.220 e. The summed E-state index contributed by atoms with van der Waals surface area (Å²) in [5, 5.41) is 22.7. The first-order valence-electron chi connectivity index (χ1n) is 16.4. The molecule has 39 heavy (non-hydrogen) atoms. The van der Waals surface area contributed by atoms with Crippen molar-refractivity contribution >= 4 is 5.91 Å². The molecule has 3 N–H and O–H groups in total. The minimum Gasteiger partial charge on any atom is -0.394 e. The molecule has 0 aliphatic heterocycles. The lowest BCUT2D eigenvalue weighted by Crippen LogP contribution is -2.45. The Balaban J connectivity index is 3.73. The number of rotatable bonds is 28. The molecule has 0 aromatic heterocycles. The molecule has 0 saturated carbocycles. The number of amides is 1. The molecule has 0 heterocycles. The Hall–Kier alpha value is -1.65. The van der Waals surface area contributed by atoms with Crippen molar-refractivity contribution in [2.24, 2.45) is 0 Å². The van der Waals surface area contributed by atoms with E-state index in [1.807, 2.05) is 6.08 Å². The highest BCUT2D eigenvalue weighted by Gasteiger charge is 2.17. The first-order valence-corrected chi connectivity index (χ1v) is 16.4. The van der Waals surface area contributed by atoms with E-state index in [1.54, 1.807) is 6.08 Å². The third-order valence-electron chi connectivity index (χ3n) is 6.99. The topological polar surface area (TPSA) is 69.6 Å². The van der Waals surface area contributed by atoms with Crippen molar-refractivity contribution in [2.75, 3.05) is 6.61 Å². The minimum atomic E-state index is -0.870. The summed E-state index contributed by atoms with van der Waals surface area (Å²) in [6, 6.07) is -0.646. The van der Waals surface area contributed by atoms with Crippen LogP contribution in [0, 0.1) is 0 Å². The van der Waals surface area contributed by atoms with Gasteiger partial charge in [0.15, 0.2) is 0 Å². The van der Waals surface area contributed by atoms with E-state index >= 15 is 0 Å². The van der Waals surface area contributed by atoms with Crippen LogP contribution in [0.25, 0.3) is 0 Å². The Morgan fingerprint density at radius 3 is 1.59 bits per heavy atom. The zero-order valence-corrected chi connectivity index (χ0v) is 25.6. The molecule has 0 aromatic carbocycles. The highest BCUT2D eigenvalue weighted by atomic mass is 16.3. The molecule has 1 amide bonds. The van der Waals surface area contributed by atoms with Gasteiger partial charge in [0.05, 0.1) is 18.8 Å². The number of aliphatic hydroxyl groups excluding tert-OH is 2. The standard InChI is InChI=1S/C35H63NO3/c1-3-5-7-9-11-13-15-16-17-18-19-21-23-25-27-29-31-35(39)36-33(32-37)34(38)30-28-26-24-22-20-14-12-10-8-6-4-2/h8,10,17-18,20,22,28,30,33-34,37-38H,3-7,9,11-16,19,21,23-27,29,31-32H2,1-2H3,(H,36,39)/b10-8+,18-17-,22-20+,30-28+. The van der Waals surface area contributed by atoms with Crippen LogP contribution in [0.5, 0.6) is 0 Å². The Bertz CT molecular complexity index is 638. The average molecular weight is 546 g/mol. The summed E-state index contributed by atoms with van der Waals surface area (Å²) in [5.74, 6) is -0.0919. The number of carbonyl (C=O) groups is 1. The van der Waals surface area contributed by atoms with Gasteiger partial charge >= 0.3 is 0 Å². The maximum Gasteiger partial charge on any atom is 0.220 e. The van der Waals surface area contributed by atoms with E-state index in [2.05, 4.69) is 55.6 Å².